The maximum Gasteiger partial charge on any atom is 0.253 e. The molecule has 2 rings (SSSR count). The van der Waals surface area contributed by atoms with Crippen LogP contribution in [-0.4, -0.2) is 39.5 Å². The van der Waals surface area contributed by atoms with E-state index in [1.165, 1.54) is 0 Å². The second-order valence-electron chi connectivity index (χ2n) is 4.51. The van der Waals surface area contributed by atoms with Crippen molar-refractivity contribution in [2.24, 2.45) is 0 Å². The summed E-state index contributed by atoms with van der Waals surface area (Å²) < 4.78 is 0. The first-order valence-electron chi connectivity index (χ1n) is 5.80. The Hall–Kier alpha value is -1.16. The molecule has 4 heteroatoms. The van der Waals surface area contributed by atoms with E-state index in [0.29, 0.717) is 16.1 Å². The zero-order chi connectivity index (χ0) is 12.4. The Balaban J connectivity index is 2.11. The van der Waals surface area contributed by atoms with Crippen LogP contribution in [-0.2, 0) is 0 Å². The number of phenols is 1. The van der Waals surface area contributed by atoms with Gasteiger partial charge in [0.15, 0.2) is 0 Å². The molecule has 1 aliphatic heterocycles. The van der Waals surface area contributed by atoms with E-state index in [-0.39, 0.29) is 11.7 Å². The number of rotatable bonds is 1. The standard InChI is InChI=1S/C13H17NO2S/c1-9-7-14(8-10(2)17-9)13(16)11-3-5-12(15)6-4-11/h3-6,9-10,15H,7-8H2,1-2H3. The Bertz CT molecular complexity index is 394. The third-order valence-corrected chi connectivity index (χ3v) is 4.05. The van der Waals surface area contributed by atoms with E-state index < -0.39 is 0 Å². The number of amides is 1. The summed E-state index contributed by atoms with van der Waals surface area (Å²) in [6.45, 7) is 5.90. The van der Waals surface area contributed by atoms with Crippen LogP contribution in [0.5, 0.6) is 5.75 Å². The number of thioether (sulfide) groups is 1. The van der Waals surface area contributed by atoms with Crippen molar-refractivity contribution in [3.63, 3.8) is 0 Å². The zero-order valence-corrected chi connectivity index (χ0v) is 10.9. The number of benzene rings is 1. The van der Waals surface area contributed by atoms with E-state index in [0.717, 1.165) is 13.1 Å². The van der Waals surface area contributed by atoms with Crippen molar-refractivity contribution in [2.75, 3.05) is 13.1 Å². The van der Waals surface area contributed by atoms with Gasteiger partial charge in [-0.15, -0.1) is 0 Å². The van der Waals surface area contributed by atoms with Gasteiger partial charge in [-0.1, -0.05) is 13.8 Å². The van der Waals surface area contributed by atoms with Gasteiger partial charge in [0.05, 0.1) is 0 Å². The van der Waals surface area contributed by atoms with E-state index in [1.807, 2.05) is 16.7 Å². The number of carbonyl (C=O) groups excluding carboxylic acids is 1. The molecule has 0 bridgehead atoms. The van der Waals surface area contributed by atoms with Gasteiger partial charge in [0.2, 0.25) is 0 Å². The van der Waals surface area contributed by atoms with Crippen LogP contribution in [0.1, 0.15) is 24.2 Å². The third kappa shape index (κ3) is 2.94. The van der Waals surface area contributed by atoms with Gasteiger partial charge in [-0.3, -0.25) is 4.79 Å². The van der Waals surface area contributed by atoms with Gasteiger partial charge < -0.3 is 10.0 Å². The Kier molecular flexibility index (Phi) is 3.62. The fraction of sp³-hybridized carbons (Fsp3) is 0.462. The molecule has 17 heavy (non-hydrogen) atoms. The molecule has 2 unspecified atom stereocenters. The molecule has 0 saturated carbocycles. The average Bonchev–Trinajstić information content (AvgIpc) is 2.28. The second kappa shape index (κ2) is 5.00. The largest absolute Gasteiger partial charge is 0.508 e. The van der Waals surface area contributed by atoms with Gasteiger partial charge in [0.25, 0.3) is 5.91 Å². The lowest BCUT2D eigenvalue weighted by atomic mass is 10.1. The number of hydrogen-bond acceptors (Lipinski definition) is 3. The number of carbonyl (C=O) groups is 1. The van der Waals surface area contributed by atoms with Crippen LogP contribution in [0.4, 0.5) is 0 Å². The monoisotopic (exact) mass is 251 g/mol. The minimum Gasteiger partial charge on any atom is -0.508 e. The molecular weight excluding hydrogens is 234 g/mol. The maximum absolute atomic E-state index is 12.2. The van der Waals surface area contributed by atoms with Crippen molar-refractivity contribution in [1.82, 2.24) is 4.90 Å². The zero-order valence-electron chi connectivity index (χ0n) is 10.1. The summed E-state index contributed by atoms with van der Waals surface area (Å²) in [6, 6.07) is 6.46. The van der Waals surface area contributed by atoms with Crippen molar-refractivity contribution in [2.45, 2.75) is 24.3 Å². The van der Waals surface area contributed by atoms with Crippen molar-refractivity contribution in [3.8, 4) is 5.75 Å². The Morgan fingerprint density at radius 3 is 2.29 bits per heavy atom. The lowest BCUT2D eigenvalue weighted by Crippen LogP contribution is -2.44. The number of nitrogens with zero attached hydrogens (tertiary/aromatic N) is 1. The Labute approximate surface area is 106 Å². The predicted octanol–water partition coefficient (Wildman–Crippen LogP) is 2.36. The number of phenolic OH excluding ortho intramolecular Hbond substituents is 1. The molecule has 1 N–H and O–H groups in total. The minimum absolute atomic E-state index is 0.0593. The quantitative estimate of drug-likeness (QED) is 0.833. The predicted molar refractivity (Wildman–Crippen MR) is 70.5 cm³/mol. The lowest BCUT2D eigenvalue weighted by Gasteiger charge is -2.34. The van der Waals surface area contributed by atoms with Crippen LogP contribution < -0.4 is 0 Å². The van der Waals surface area contributed by atoms with E-state index >= 15 is 0 Å². The Morgan fingerprint density at radius 1 is 1.24 bits per heavy atom. The molecule has 1 aromatic rings. The SMILES string of the molecule is CC1CN(C(=O)c2ccc(O)cc2)CC(C)S1. The van der Waals surface area contributed by atoms with Gasteiger partial charge in [0, 0.05) is 29.2 Å². The summed E-state index contributed by atoms with van der Waals surface area (Å²) in [5.74, 6) is 0.251. The first-order valence-corrected chi connectivity index (χ1v) is 6.74. The minimum atomic E-state index is 0.0593. The first-order chi connectivity index (χ1) is 8.06. The smallest absolute Gasteiger partial charge is 0.253 e. The van der Waals surface area contributed by atoms with E-state index in [2.05, 4.69) is 13.8 Å². The second-order valence-corrected chi connectivity index (χ2v) is 6.40. The van der Waals surface area contributed by atoms with Crippen LogP contribution in [0.15, 0.2) is 24.3 Å². The first kappa shape index (κ1) is 12.3. The maximum atomic E-state index is 12.2. The summed E-state index contributed by atoms with van der Waals surface area (Å²) in [7, 11) is 0. The number of aromatic hydroxyl groups is 1. The normalized spacial score (nSPS) is 24.7. The van der Waals surface area contributed by atoms with Crippen LogP contribution >= 0.6 is 11.8 Å². The molecule has 1 saturated heterocycles. The molecule has 0 aliphatic carbocycles. The third-order valence-electron chi connectivity index (χ3n) is 2.82. The van der Waals surface area contributed by atoms with E-state index in [9.17, 15) is 9.90 Å². The molecule has 2 atom stereocenters. The van der Waals surface area contributed by atoms with Gasteiger partial charge in [0.1, 0.15) is 5.75 Å². The van der Waals surface area contributed by atoms with Gasteiger partial charge >= 0.3 is 0 Å². The molecule has 0 radical (unpaired) electrons. The van der Waals surface area contributed by atoms with E-state index in [1.54, 1.807) is 24.3 Å². The summed E-state index contributed by atoms with van der Waals surface area (Å²) in [5, 5.41) is 10.2. The number of hydrogen-bond donors (Lipinski definition) is 1. The Morgan fingerprint density at radius 2 is 1.76 bits per heavy atom. The van der Waals surface area contributed by atoms with Gasteiger partial charge in [-0.05, 0) is 24.3 Å². The molecule has 1 heterocycles. The molecule has 0 aromatic heterocycles. The summed E-state index contributed by atoms with van der Waals surface area (Å²) in [5.41, 5.74) is 0.647. The van der Waals surface area contributed by atoms with Gasteiger partial charge in [-0.25, -0.2) is 0 Å². The van der Waals surface area contributed by atoms with Crippen molar-refractivity contribution >= 4 is 17.7 Å². The molecule has 3 nitrogen and oxygen atoms in total. The van der Waals surface area contributed by atoms with E-state index in [4.69, 9.17) is 0 Å². The lowest BCUT2D eigenvalue weighted by molar-refractivity contribution is 0.0753. The highest BCUT2D eigenvalue weighted by atomic mass is 32.2. The fourth-order valence-electron chi connectivity index (χ4n) is 2.13. The topological polar surface area (TPSA) is 40.5 Å². The fourth-order valence-corrected chi connectivity index (χ4v) is 3.46. The highest BCUT2D eigenvalue weighted by molar-refractivity contribution is 8.00. The van der Waals surface area contributed by atoms with Crippen LogP contribution in [0.3, 0.4) is 0 Å². The highest BCUT2D eigenvalue weighted by Crippen LogP contribution is 2.25. The van der Waals surface area contributed by atoms with Crippen molar-refractivity contribution < 1.29 is 9.90 Å². The average molecular weight is 251 g/mol. The molecule has 1 fully saturated rings. The molecule has 0 spiro atoms. The highest BCUT2D eigenvalue weighted by Gasteiger charge is 2.26. The summed E-state index contributed by atoms with van der Waals surface area (Å²) in [6.07, 6.45) is 0. The molecular formula is C13H17NO2S. The summed E-state index contributed by atoms with van der Waals surface area (Å²) >= 11 is 1.93. The molecule has 1 amide bonds. The summed E-state index contributed by atoms with van der Waals surface area (Å²) in [4.78, 5) is 14.1. The van der Waals surface area contributed by atoms with Crippen LogP contribution in [0.25, 0.3) is 0 Å². The van der Waals surface area contributed by atoms with Crippen LogP contribution in [0.2, 0.25) is 0 Å². The van der Waals surface area contributed by atoms with Crippen molar-refractivity contribution in [3.05, 3.63) is 29.8 Å². The molecule has 1 aliphatic rings. The molecule has 1 aromatic carbocycles. The van der Waals surface area contributed by atoms with Crippen molar-refractivity contribution in [1.29, 1.82) is 0 Å². The molecule has 92 valence electrons. The van der Waals surface area contributed by atoms with Gasteiger partial charge in [-0.2, -0.15) is 11.8 Å². The van der Waals surface area contributed by atoms with Crippen LogP contribution in [0, 0.1) is 0 Å².